The summed E-state index contributed by atoms with van der Waals surface area (Å²) >= 11 is 0. The Kier molecular flexibility index (Phi) is 6.91. The molecule has 1 saturated heterocycles. The third-order valence-electron chi connectivity index (χ3n) is 4.81. The maximum Gasteiger partial charge on any atom is 0.387 e. The van der Waals surface area contributed by atoms with Crippen molar-refractivity contribution in [3.05, 3.63) is 47.9 Å². The molecule has 0 spiro atoms. The molecular formula is C21H24F2N2O5. The lowest BCUT2D eigenvalue weighted by atomic mass is 10.1. The molecule has 7 nitrogen and oxygen atoms in total. The third kappa shape index (κ3) is 5.28. The first-order chi connectivity index (χ1) is 14.4. The van der Waals surface area contributed by atoms with Crippen LogP contribution in [-0.4, -0.2) is 48.4 Å². The van der Waals surface area contributed by atoms with Gasteiger partial charge in [0, 0.05) is 26.6 Å². The van der Waals surface area contributed by atoms with Gasteiger partial charge in [-0.2, -0.15) is 8.78 Å². The van der Waals surface area contributed by atoms with Crippen molar-refractivity contribution in [1.29, 1.82) is 0 Å². The number of halogens is 2. The van der Waals surface area contributed by atoms with Crippen molar-refractivity contribution in [2.24, 2.45) is 5.92 Å². The highest BCUT2D eigenvalue weighted by atomic mass is 19.3. The Morgan fingerprint density at radius 2 is 2.13 bits per heavy atom. The smallest absolute Gasteiger partial charge is 0.387 e. The first-order valence-corrected chi connectivity index (χ1v) is 9.63. The van der Waals surface area contributed by atoms with Crippen LogP contribution in [0.5, 0.6) is 11.5 Å². The SMILES string of the molecule is CCOc1cc(CN(C)C(=O)C2CC(=O)N(Cc3ccco3)C2)ccc1OC(F)F. The predicted molar refractivity (Wildman–Crippen MR) is 103 cm³/mol. The molecule has 2 aromatic rings. The number of hydrogen-bond donors (Lipinski definition) is 0. The summed E-state index contributed by atoms with van der Waals surface area (Å²) in [6, 6.07) is 8.11. The monoisotopic (exact) mass is 422 g/mol. The van der Waals surface area contributed by atoms with E-state index in [4.69, 9.17) is 9.15 Å². The Bertz CT molecular complexity index is 872. The molecular weight excluding hydrogens is 398 g/mol. The minimum Gasteiger partial charge on any atom is -0.490 e. The molecule has 1 unspecified atom stereocenters. The number of carbonyl (C=O) groups excluding carboxylic acids is 2. The molecule has 2 heterocycles. The van der Waals surface area contributed by atoms with Gasteiger partial charge in [0.1, 0.15) is 5.76 Å². The van der Waals surface area contributed by atoms with Crippen LogP contribution < -0.4 is 9.47 Å². The standard InChI is InChI=1S/C21H24F2N2O5/c1-3-28-18-9-14(6-7-17(18)30-21(22)23)11-24(2)20(27)15-10-19(26)25(12-15)13-16-5-4-8-29-16/h4-9,15,21H,3,10-13H2,1-2H3. The summed E-state index contributed by atoms with van der Waals surface area (Å²) in [6.07, 6.45) is 1.69. The maximum atomic E-state index is 12.8. The van der Waals surface area contributed by atoms with Crippen LogP contribution in [0.15, 0.2) is 41.0 Å². The molecule has 0 saturated carbocycles. The zero-order valence-corrected chi connectivity index (χ0v) is 16.8. The molecule has 1 aromatic heterocycles. The Balaban J connectivity index is 1.62. The fraction of sp³-hybridized carbons (Fsp3) is 0.429. The summed E-state index contributed by atoms with van der Waals surface area (Å²) in [4.78, 5) is 28.2. The summed E-state index contributed by atoms with van der Waals surface area (Å²) in [6.45, 7) is -0.0237. The van der Waals surface area contributed by atoms with Crippen molar-refractivity contribution >= 4 is 11.8 Å². The van der Waals surface area contributed by atoms with Gasteiger partial charge < -0.3 is 23.7 Å². The van der Waals surface area contributed by atoms with E-state index >= 15 is 0 Å². The van der Waals surface area contributed by atoms with E-state index < -0.39 is 12.5 Å². The number of ether oxygens (including phenoxy) is 2. The zero-order valence-electron chi connectivity index (χ0n) is 16.8. The van der Waals surface area contributed by atoms with Crippen molar-refractivity contribution in [3.63, 3.8) is 0 Å². The first kappa shape index (κ1) is 21.6. The number of furan rings is 1. The Labute approximate surface area is 173 Å². The van der Waals surface area contributed by atoms with Crippen LogP contribution >= 0.6 is 0 Å². The van der Waals surface area contributed by atoms with Gasteiger partial charge in [-0.05, 0) is 36.8 Å². The van der Waals surface area contributed by atoms with E-state index in [1.807, 2.05) is 0 Å². The van der Waals surface area contributed by atoms with Gasteiger partial charge in [-0.25, -0.2) is 0 Å². The highest BCUT2D eigenvalue weighted by molar-refractivity contribution is 5.89. The lowest BCUT2D eigenvalue weighted by Gasteiger charge is -2.22. The van der Waals surface area contributed by atoms with E-state index in [1.54, 1.807) is 49.4 Å². The van der Waals surface area contributed by atoms with E-state index in [9.17, 15) is 18.4 Å². The molecule has 162 valence electrons. The first-order valence-electron chi connectivity index (χ1n) is 9.63. The predicted octanol–water partition coefficient (Wildman–Crippen LogP) is 3.29. The van der Waals surface area contributed by atoms with Gasteiger partial charge in [-0.1, -0.05) is 6.07 Å². The Hall–Kier alpha value is -3.10. The molecule has 1 aliphatic rings. The highest BCUT2D eigenvalue weighted by Crippen LogP contribution is 2.30. The van der Waals surface area contributed by atoms with Gasteiger partial charge >= 0.3 is 6.61 Å². The summed E-state index contributed by atoms with van der Waals surface area (Å²) in [5.41, 5.74) is 0.702. The molecule has 30 heavy (non-hydrogen) atoms. The van der Waals surface area contributed by atoms with Crippen LogP contribution in [0.25, 0.3) is 0 Å². The van der Waals surface area contributed by atoms with Gasteiger partial charge in [0.25, 0.3) is 0 Å². The molecule has 3 rings (SSSR count). The molecule has 1 aliphatic heterocycles. The number of nitrogens with zero attached hydrogens (tertiary/aromatic N) is 2. The van der Waals surface area contributed by atoms with Crippen molar-refractivity contribution in [2.75, 3.05) is 20.2 Å². The van der Waals surface area contributed by atoms with Crippen molar-refractivity contribution in [3.8, 4) is 11.5 Å². The van der Waals surface area contributed by atoms with Gasteiger partial charge in [-0.15, -0.1) is 0 Å². The molecule has 0 N–H and O–H groups in total. The van der Waals surface area contributed by atoms with E-state index in [-0.39, 0.29) is 42.9 Å². The molecule has 1 aromatic carbocycles. The summed E-state index contributed by atoms with van der Waals surface area (Å²) < 4.78 is 40.2. The summed E-state index contributed by atoms with van der Waals surface area (Å²) in [7, 11) is 1.64. The summed E-state index contributed by atoms with van der Waals surface area (Å²) in [5, 5.41) is 0. The van der Waals surface area contributed by atoms with E-state index in [0.717, 1.165) is 0 Å². The number of hydrogen-bond acceptors (Lipinski definition) is 5. The van der Waals surface area contributed by atoms with Crippen LogP contribution in [0.1, 0.15) is 24.7 Å². The van der Waals surface area contributed by atoms with Gasteiger partial charge in [-0.3, -0.25) is 9.59 Å². The number of carbonyl (C=O) groups is 2. The normalized spacial score (nSPS) is 16.2. The van der Waals surface area contributed by atoms with Gasteiger partial charge in [0.05, 0.1) is 25.3 Å². The van der Waals surface area contributed by atoms with Crippen LogP contribution in [-0.2, 0) is 22.7 Å². The van der Waals surface area contributed by atoms with Crippen LogP contribution in [0, 0.1) is 5.92 Å². The maximum absolute atomic E-state index is 12.8. The Morgan fingerprint density at radius 1 is 1.33 bits per heavy atom. The molecule has 9 heteroatoms. The highest BCUT2D eigenvalue weighted by Gasteiger charge is 2.36. The topological polar surface area (TPSA) is 72.2 Å². The van der Waals surface area contributed by atoms with Crippen molar-refractivity contribution in [2.45, 2.75) is 33.0 Å². The molecule has 1 fully saturated rings. The largest absolute Gasteiger partial charge is 0.490 e. The third-order valence-corrected chi connectivity index (χ3v) is 4.81. The number of benzene rings is 1. The average molecular weight is 422 g/mol. The fourth-order valence-electron chi connectivity index (χ4n) is 3.46. The molecule has 1 atom stereocenters. The Morgan fingerprint density at radius 3 is 2.80 bits per heavy atom. The molecule has 0 bridgehead atoms. The molecule has 0 radical (unpaired) electrons. The van der Waals surface area contributed by atoms with Crippen LogP contribution in [0.3, 0.4) is 0 Å². The van der Waals surface area contributed by atoms with E-state index in [2.05, 4.69) is 4.74 Å². The minimum atomic E-state index is -2.96. The zero-order chi connectivity index (χ0) is 21.7. The van der Waals surface area contributed by atoms with Crippen LogP contribution in [0.4, 0.5) is 8.78 Å². The second-order valence-corrected chi connectivity index (χ2v) is 7.04. The number of alkyl halides is 2. The van der Waals surface area contributed by atoms with Crippen molar-refractivity contribution < 1.29 is 32.3 Å². The van der Waals surface area contributed by atoms with E-state index in [0.29, 0.717) is 24.4 Å². The quantitative estimate of drug-likeness (QED) is 0.620. The number of likely N-dealkylation sites (tertiary alicyclic amines) is 1. The second kappa shape index (κ2) is 9.60. The minimum absolute atomic E-state index is 0.0560. The van der Waals surface area contributed by atoms with Crippen molar-refractivity contribution in [1.82, 2.24) is 9.80 Å². The fourth-order valence-corrected chi connectivity index (χ4v) is 3.46. The second-order valence-electron chi connectivity index (χ2n) is 7.04. The number of amides is 2. The lowest BCUT2D eigenvalue weighted by molar-refractivity contribution is -0.135. The van der Waals surface area contributed by atoms with Crippen LogP contribution in [0.2, 0.25) is 0 Å². The van der Waals surface area contributed by atoms with Gasteiger partial charge in [0.15, 0.2) is 11.5 Å². The lowest BCUT2D eigenvalue weighted by Crippen LogP contribution is -2.34. The van der Waals surface area contributed by atoms with Gasteiger partial charge in [0.2, 0.25) is 11.8 Å². The number of rotatable bonds is 9. The average Bonchev–Trinajstić information content (AvgIpc) is 3.33. The van der Waals surface area contributed by atoms with E-state index in [1.165, 1.54) is 11.0 Å². The summed E-state index contributed by atoms with van der Waals surface area (Å²) in [5.74, 6) is 0.113. The molecule has 2 amide bonds. The molecule has 0 aliphatic carbocycles.